The van der Waals surface area contributed by atoms with Gasteiger partial charge in [-0.1, -0.05) is 31.2 Å². The first kappa shape index (κ1) is 16.2. The highest BCUT2D eigenvalue weighted by molar-refractivity contribution is 6.58. The average molecular weight is 264 g/mol. The second-order valence-corrected chi connectivity index (χ2v) is 5.14. The maximum Gasteiger partial charge on any atom is 0.488 e. The summed E-state index contributed by atoms with van der Waals surface area (Å²) in [6.07, 6.45) is 1.16. The summed E-state index contributed by atoms with van der Waals surface area (Å²) in [4.78, 5) is 4.60. The highest BCUT2D eigenvalue weighted by Gasteiger charge is 2.10. The molecule has 0 amide bonds. The molecule has 0 aliphatic carbocycles. The number of hydrogen-bond acceptors (Lipinski definition) is 4. The zero-order valence-electron chi connectivity index (χ0n) is 12.2. The Morgan fingerprint density at radius 2 is 1.68 bits per heavy atom. The molecule has 1 rings (SSSR count). The molecule has 0 aliphatic rings. The molecule has 19 heavy (non-hydrogen) atoms. The molecule has 2 N–H and O–H groups in total. The molecule has 0 heterocycles. The van der Waals surface area contributed by atoms with Gasteiger partial charge in [-0.05, 0) is 51.2 Å². The van der Waals surface area contributed by atoms with Gasteiger partial charge in [-0.15, -0.1) is 0 Å². The smallest absolute Gasteiger partial charge is 0.423 e. The Hall–Kier alpha value is -0.875. The van der Waals surface area contributed by atoms with Crippen LogP contribution in [0.25, 0.3) is 0 Å². The van der Waals surface area contributed by atoms with Crippen molar-refractivity contribution in [2.24, 2.45) is 0 Å². The monoisotopic (exact) mass is 264 g/mol. The normalized spacial score (nSPS) is 11.3. The van der Waals surface area contributed by atoms with Crippen molar-refractivity contribution in [3.63, 3.8) is 0 Å². The van der Waals surface area contributed by atoms with E-state index in [0.29, 0.717) is 5.46 Å². The number of benzene rings is 1. The Balaban J connectivity index is 2.46. The van der Waals surface area contributed by atoms with Crippen LogP contribution in [0.2, 0.25) is 0 Å². The summed E-state index contributed by atoms with van der Waals surface area (Å²) in [5.41, 5.74) is 1.75. The first-order valence-electron chi connectivity index (χ1n) is 6.85. The maximum absolute atomic E-state index is 9.05. The van der Waals surface area contributed by atoms with Crippen LogP contribution in [0.5, 0.6) is 0 Å². The highest BCUT2D eigenvalue weighted by atomic mass is 16.4. The van der Waals surface area contributed by atoms with Crippen molar-refractivity contribution in [1.29, 1.82) is 0 Å². The molecular formula is C14H25BN2O2. The van der Waals surface area contributed by atoms with E-state index in [1.165, 1.54) is 5.56 Å². The van der Waals surface area contributed by atoms with E-state index in [2.05, 4.69) is 30.8 Å². The summed E-state index contributed by atoms with van der Waals surface area (Å²) in [5, 5.41) is 18.1. The standard InChI is InChI=1S/C14H25BN2O2/c1-4-17(11-5-10-16(2)3)12-13-6-8-14(9-7-13)15(18)19/h6-9,18-19H,4-5,10-12H2,1-3H3. The van der Waals surface area contributed by atoms with E-state index in [-0.39, 0.29) is 0 Å². The van der Waals surface area contributed by atoms with Gasteiger partial charge >= 0.3 is 7.12 Å². The van der Waals surface area contributed by atoms with E-state index >= 15 is 0 Å². The van der Waals surface area contributed by atoms with Gasteiger partial charge in [-0.3, -0.25) is 4.90 Å². The van der Waals surface area contributed by atoms with Crippen LogP contribution >= 0.6 is 0 Å². The fourth-order valence-electron chi connectivity index (χ4n) is 2.01. The number of rotatable bonds is 8. The van der Waals surface area contributed by atoms with E-state index in [9.17, 15) is 0 Å². The Labute approximate surface area is 116 Å². The SMILES string of the molecule is CCN(CCCN(C)C)Cc1ccc(B(O)O)cc1. The number of nitrogens with zero attached hydrogens (tertiary/aromatic N) is 2. The summed E-state index contributed by atoms with van der Waals surface area (Å²) in [7, 11) is 2.81. The maximum atomic E-state index is 9.05. The lowest BCUT2D eigenvalue weighted by Crippen LogP contribution is -2.30. The van der Waals surface area contributed by atoms with Gasteiger partial charge in [0, 0.05) is 6.54 Å². The topological polar surface area (TPSA) is 46.9 Å². The quantitative estimate of drug-likeness (QED) is 0.656. The molecule has 5 heteroatoms. The van der Waals surface area contributed by atoms with E-state index in [1.54, 1.807) is 12.1 Å². The predicted octanol–water partition coefficient (Wildman–Crippen LogP) is 0.140. The molecule has 0 saturated heterocycles. The minimum atomic E-state index is -1.38. The van der Waals surface area contributed by atoms with Crippen molar-refractivity contribution in [3.05, 3.63) is 29.8 Å². The van der Waals surface area contributed by atoms with Crippen molar-refractivity contribution in [2.45, 2.75) is 19.9 Å². The Morgan fingerprint density at radius 3 is 2.16 bits per heavy atom. The van der Waals surface area contributed by atoms with E-state index in [1.807, 2.05) is 12.1 Å². The van der Waals surface area contributed by atoms with Crippen LogP contribution < -0.4 is 5.46 Å². The summed E-state index contributed by atoms with van der Waals surface area (Å²) in [6, 6.07) is 7.47. The largest absolute Gasteiger partial charge is 0.488 e. The van der Waals surface area contributed by atoms with Gasteiger partial charge in [-0.2, -0.15) is 0 Å². The van der Waals surface area contributed by atoms with Gasteiger partial charge in [0.15, 0.2) is 0 Å². The third-order valence-electron chi connectivity index (χ3n) is 3.21. The number of hydrogen-bond donors (Lipinski definition) is 2. The lowest BCUT2D eigenvalue weighted by Gasteiger charge is -2.21. The van der Waals surface area contributed by atoms with Crippen molar-refractivity contribution in [3.8, 4) is 0 Å². The molecule has 0 aliphatic heterocycles. The molecule has 0 bridgehead atoms. The van der Waals surface area contributed by atoms with Gasteiger partial charge in [0.2, 0.25) is 0 Å². The lowest BCUT2D eigenvalue weighted by molar-refractivity contribution is 0.259. The summed E-state index contributed by atoms with van der Waals surface area (Å²) < 4.78 is 0. The molecule has 0 radical (unpaired) electrons. The van der Waals surface area contributed by atoms with Crippen molar-refractivity contribution < 1.29 is 10.0 Å². The summed E-state index contributed by atoms with van der Waals surface area (Å²) >= 11 is 0. The second-order valence-electron chi connectivity index (χ2n) is 5.14. The van der Waals surface area contributed by atoms with Crippen LogP contribution in [-0.2, 0) is 6.54 Å². The van der Waals surface area contributed by atoms with Crippen molar-refractivity contribution in [2.75, 3.05) is 33.7 Å². The first-order chi connectivity index (χ1) is 9.02. The zero-order chi connectivity index (χ0) is 14.3. The van der Waals surface area contributed by atoms with Crippen LogP contribution in [-0.4, -0.2) is 60.7 Å². The Bertz CT molecular complexity index is 355. The van der Waals surface area contributed by atoms with E-state index < -0.39 is 7.12 Å². The van der Waals surface area contributed by atoms with Crippen LogP contribution in [0.3, 0.4) is 0 Å². The Kier molecular flexibility index (Phi) is 7.09. The lowest BCUT2D eigenvalue weighted by atomic mass is 9.80. The molecule has 0 fully saturated rings. The van der Waals surface area contributed by atoms with Crippen LogP contribution in [0, 0.1) is 0 Å². The average Bonchev–Trinajstić information content (AvgIpc) is 2.37. The van der Waals surface area contributed by atoms with Gasteiger partial charge in [0.05, 0.1) is 0 Å². The van der Waals surface area contributed by atoms with Gasteiger partial charge < -0.3 is 14.9 Å². The highest BCUT2D eigenvalue weighted by Crippen LogP contribution is 2.04. The molecular weight excluding hydrogens is 239 g/mol. The predicted molar refractivity (Wildman–Crippen MR) is 80.4 cm³/mol. The molecule has 0 atom stereocenters. The minimum absolute atomic E-state index is 0.541. The van der Waals surface area contributed by atoms with E-state index in [4.69, 9.17) is 10.0 Å². The molecule has 1 aromatic rings. The van der Waals surface area contributed by atoms with Gasteiger partial charge in [-0.25, -0.2) is 0 Å². The van der Waals surface area contributed by atoms with Crippen LogP contribution in [0.15, 0.2) is 24.3 Å². The third-order valence-corrected chi connectivity index (χ3v) is 3.21. The summed E-state index contributed by atoms with van der Waals surface area (Å²) in [5.74, 6) is 0. The zero-order valence-corrected chi connectivity index (χ0v) is 12.2. The summed E-state index contributed by atoms with van der Waals surface area (Å²) in [6.45, 7) is 6.29. The van der Waals surface area contributed by atoms with Crippen LogP contribution in [0.4, 0.5) is 0 Å². The molecule has 0 spiro atoms. The molecule has 0 unspecified atom stereocenters. The molecule has 0 aromatic heterocycles. The third kappa shape index (κ3) is 6.21. The molecule has 106 valence electrons. The van der Waals surface area contributed by atoms with Gasteiger partial charge in [0.1, 0.15) is 0 Å². The molecule has 1 aromatic carbocycles. The van der Waals surface area contributed by atoms with Crippen LogP contribution in [0.1, 0.15) is 18.9 Å². The second kappa shape index (κ2) is 8.33. The van der Waals surface area contributed by atoms with Crippen molar-refractivity contribution >= 4 is 12.6 Å². The van der Waals surface area contributed by atoms with Gasteiger partial charge in [0.25, 0.3) is 0 Å². The molecule has 0 saturated carbocycles. The Morgan fingerprint density at radius 1 is 1.05 bits per heavy atom. The van der Waals surface area contributed by atoms with E-state index in [0.717, 1.165) is 32.6 Å². The minimum Gasteiger partial charge on any atom is -0.423 e. The fourth-order valence-corrected chi connectivity index (χ4v) is 2.01. The van der Waals surface area contributed by atoms with Crippen molar-refractivity contribution in [1.82, 2.24) is 9.80 Å². The fraction of sp³-hybridized carbons (Fsp3) is 0.571. The first-order valence-corrected chi connectivity index (χ1v) is 6.85. The molecule has 4 nitrogen and oxygen atoms in total.